The van der Waals surface area contributed by atoms with E-state index in [1.165, 1.54) is 4.90 Å². The first-order valence-electron chi connectivity index (χ1n) is 16.6. The largest absolute Gasteiger partial charge is 0.489 e. The molecular weight excluding hydrogens is 637 g/mol. The molecule has 248 valence electrons. The van der Waals surface area contributed by atoms with E-state index in [-0.39, 0.29) is 6.61 Å². The average molecular weight is 669 g/mol. The molecule has 1 aliphatic rings. The van der Waals surface area contributed by atoms with E-state index in [9.17, 15) is 9.59 Å². The van der Waals surface area contributed by atoms with Gasteiger partial charge < -0.3 is 4.74 Å². The molecule has 3 heterocycles. The molecule has 0 radical (unpaired) electrons. The second-order valence-corrected chi connectivity index (χ2v) is 12.4. The summed E-state index contributed by atoms with van der Waals surface area (Å²) in [4.78, 5) is 33.8. The van der Waals surface area contributed by atoms with Gasteiger partial charge >= 0.3 is 0 Å². The van der Waals surface area contributed by atoms with Crippen LogP contribution in [0.4, 0.5) is 5.69 Å². The number of benzene rings is 5. The molecule has 0 N–H and O–H groups in total. The molecule has 2 aromatic heterocycles. The molecule has 0 saturated carbocycles. The van der Waals surface area contributed by atoms with Gasteiger partial charge in [-0.25, -0.2) is 9.58 Å². The summed E-state index contributed by atoms with van der Waals surface area (Å²) in [6.45, 7) is 4.02. The zero-order valence-corrected chi connectivity index (χ0v) is 28.0. The number of rotatable bonds is 9. The Morgan fingerprint density at radius 3 is 1.65 bits per heavy atom. The zero-order valence-electron chi connectivity index (χ0n) is 28.0. The summed E-state index contributed by atoms with van der Waals surface area (Å²) in [6, 6.07) is 46.4. The third-order valence-electron chi connectivity index (χ3n) is 9.16. The fourth-order valence-electron chi connectivity index (χ4n) is 6.98. The van der Waals surface area contributed by atoms with E-state index in [0.717, 1.165) is 33.6 Å². The Labute approximate surface area is 294 Å². The van der Waals surface area contributed by atoms with Crippen LogP contribution in [-0.2, 0) is 12.1 Å². The summed E-state index contributed by atoms with van der Waals surface area (Å²) in [5.41, 5.74) is 5.69. The van der Waals surface area contributed by atoms with Crippen molar-refractivity contribution in [2.75, 3.05) is 4.90 Å². The number of ether oxygens (including phenoxy) is 1. The van der Waals surface area contributed by atoms with Crippen LogP contribution < -0.4 is 9.64 Å². The molecule has 0 unspecified atom stereocenters. The Bertz CT molecular complexity index is 2240. The fourth-order valence-corrected chi connectivity index (χ4v) is 6.98. The summed E-state index contributed by atoms with van der Waals surface area (Å²) < 4.78 is 7.99. The van der Waals surface area contributed by atoms with Crippen molar-refractivity contribution in [3.8, 4) is 17.1 Å². The topological polar surface area (TPSA) is 103 Å². The van der Waals surface area contributed by atoms with E-state index in [1.807, 2.05) is 98.8 Å². The molecule has 7 aromatic rings. The smallest absolute Gasteiger partial charge is 0.266 e. The van der Waals surface area contributed by atoms with E-state index >= 15 is 0 Å². The Kier molecular flexibility index (Phi) is 8.00. The molecule has 0 bridgehead atoms. The highest BCUT2D eigenvalue weighted by molar-refractivity contribution is 6.35. The lowest BCUT2D eigenvalue weighted by atomic mass is 9.77. The van der Waals surface area contributed by atoms with Crippen molar-refractivity contribution < 1.29 is 14.3 Å². The first kappa shape index (κ1) is 31.5. The Morgan fingerprint density at radius 2 is 1.12 bits per heavy atom. The van der Waals surface area contributed by atoms with E-state index in [2.05, 4.69) is 51.7 Å². The number of amides is 2. The van der Waals surface area contributed by atoms with E-state index in [1.54, 1.807) is 28.9 Å². The minimum Gasteiger partial charge on any atom is -0.489 e. The number of aryl methyl sites for hydroxylation is 2. The normalized spacial score (nSPS) is 12.6. The Balaban J connectivity index is 1.35. The standard InChI is InChI=1S/C42H32N6O3/c1-28-24-34(25-29(2)43-28)51-27-30-22-23-37(38(26-30)47-40(49)35-20-12-13-21-36(35)41(47)50)39-44-45-46-48(39)42(31-14-6-3-7-15-31,32-16-8-4-9-17-32)33-18-10-5-11-19-33/h3-26H,27H2,1-2H3. The maximum atomic E-state index is 14.0. The van der Waals surface area contributed by atoms with Gasteiger partial charge in [-0.1, -0.05) is 109 Å². The van der Waals surface area contributed by atoms with Crippen LogP contribution in [0, 0.1) is 13.8 Å². The van der Waals surface area contributed by atoms with Gasteiger partial charge in [0, 0.05) is 29.1 Å². The fraction of sp³-hybridized carbons (Fsp3) is 0.0952. The summed E-state index contributed by atoms with van der Waals surface area (Å²) in [5.74, 6) is 0.198. The number of fused-ring (bicyclic) bond motifs is 1. The average Bonchev–Trinajstić information content (AvgIpc) is 3.74. The summed E-state index contributed by atoms with van der Waals surface area (Å²) in [7, 11) is 0. The summed E-state index contributed by atoms with van der Waals surface area (Å²) in [5, 5.41) is 13.6. The lowest BCUT2D eigenvalue weighted by Gasteiger charge is -2.36. The van der Waals surface area contributed by atoms with Crippen molar-refractivity contribution in [1.29, 1.82) is 0 Å². The van der Waals surface area contributed by atoms with Crippen molar-refractivity contribution in [1.82, 2.24) is 25.2 Å². The summed E-state index contributed by atoms with van der Waals surface area (Å²) >= 11 is 0. The van der Waals surface area contributed by atoms with Gasteiger partial charge in [0.15, 0.2) is 5.82 Å². The number of imide groups is 1. The second-order valence-electron chi connectivity index (χ2n) is 12.4. The van der Waals surface area contributed by atoms with Gasteiger partial charge in [0.1, 0.15) is 17.9 Å². The molecule has 0 spiro atoms. The van der Waals surface area contributed by atoms with Gasteiger partial charge in [-0.3, -0.25) is 14.6 Å². The summed E-state index contributed by atoms with van der Waals surface area (Å²) in [6.07, 6.45) is 0. The lowest BCUT2D eigenvalue weighted by molar-refractivity contribution is 0.0926. The molecule has 51 heavy (non-hydrogen) atoms. The lowest BCUT2D eigenvalue weighted by Crippen LogP contribution is -2.39. The second kappa shape index (κ2) is 12.9. The number of carbonyl (C=O) groups is 2. The Hall–Kier alpha value is -6.74. The van der Waals surface area contributed by atoms with Gasteiger partial charge in [0.05, 0.1) is 16.8 Å². The third kappa shape index (κ3) is 5.45. The van der Waals surface area contributed by atoms with Crippen molar-refractivity contribution in [2.24, 2.45) is 0 Å². The van der Waals surface area contributed by atoms with E-state index in [0.29, 0.717) is 34.0 Å². The predicted octanol–water partition coefficient (Wildman–Crippen LogP) is 7.57. The molecule has 0 aliphatic carbocycles. The molecule has 0 saturated heterocycles. The van der Waals surface area contributed by atoms with Crippen LogP contribution in [-0.4, -0.2) is 37.0 Å². The van der Waals surface area contributed by atoms with Crippen LogP contribution in [0.1, 0.15) is 54.4 Å². The van der Waals surface area contributed by atoms with Crippen molar-refractivity contribution in [3.63, 3.8) is 0 Å². The maximum Gasteiger partial charge on any atom is 0.266 e. The number of carbonyl (C=O) groups excluding carboxylic acids is 2. The van der Waals surface area contributed by atoms with Gasteiger partial charge in [0.2, 0.25) is 0 Å². The number of hydrogen-bond donors (Lipinski definition) is 0. The molecule has 2 amide bonds. The highest BCUT2D eigenvalue weighted by atomic mass is 16.5. The van der Waals surface area contributed by atoms with Gasteiger partial charge in [-0.2, -0.15) is 0 Å². The predicted molar refractivity (Wildman–Crippen MR) is 193 cm³/mol. The zero-order chi connectivity index (χ0) is 35.0. The van der Waals surface area contributed by atoms with Crippen LogP contribution >= 0.6 is 0 Å². The number of aromatic nitrogens is 5. The number of anilines is 1. The van der Waals surface area contributed by atoms with Crippen LogP contribution in [0.2, 0.25) is 0 Å². The van der Waals surface area contributed by atoms with E-state index in [4.69, 9.17) is 9.95 Å². The molecule has 9 nitrogen and oxygen atoms in total. The molecular formula is C42H32N6O3. The van der Waals surface area contributed by atoms with E-state index < -0.39 is 17.4 Å². The van der Waals surface area contributed by atoms with Crippen LogP contribution in [0.3, 0.4) is 0 Å². The SMILES string of the molecule is Cc1cc(OCc2ccc(-c3nnnn3C(c3ccccc3)(c3ccccc3)c3ccccc3)c(N3C(=O)c4ccccc4C3=O)c2)cc(C)n1. The molecule has 1 aliphatic heterocycles. The van der Waals surface area contributed by atoms with Gasteiger partial charge in [0.25, 0.3) is 11.8 Å². The maximum absolute atomic E-state index is 14.0. The Morgan fingerprint density at radius 1 is 0.608 bits per heavy atom. The number of pyridine rings is 1. The van der Waals surface area contributed by atoms with Crippen LogP contribution in [0.25, 0.3) is 11.4 Å². The monoisotopic (exact) mass is 668 g/mol. The van der Waals surface area contributed by atoms with Crippen molar-refractivity contribution >= 4 is 17.5 Å². The molecule has 0 atom stereocenters. The number of nitrogens with zero attached hydrogens (tertiary/aromatic N) is 6. The highest BCUT2D eigenvalue weighted by Gasteiger charge is 2.43. The number of hydrogen-bond acceptors (Lipinski definition) is 7. The minimum absolute atomic E-state index is 0.187. The minimum atomic E-state index is -1.04. The molecule has 5 aromatic carbocycles. The molecule has 8 rings (SSSR count). The highest BCUT2D eigenvalue weighted by Crippen LogP contribution is 2.44. The number of tetrazole rings is 1. The first-order valence-corrected chi connectivity index (χ1v) is 16.6. The van der Waals surface area contributed by atoms with Crippen LogP contribution in [0.15, 0.2) is 146 Å². The third-order valence-corrected chi connectivity index (χ3v) is 9.16. The van der Waals surface area contributed by atoms with Crippen molar-refractivity contribution in [2.45, 2.75) is 26.0 Å². The van der Waals surface area contributed by atoms with Crippen LogP contribution in [0.5, 0.6) is 5.75 Å². The quantitative estimate of drug-likeness (QED) is 0.115. The molecule has 0 fully saturated rings. The molecule has 9 heteroatoms. The first-order chi connectivity index (χ1) is 24.9. The van der Waals surface area contributed by atoms with Crippen molar-refractivity contribution in [3.05, 3.63) is 190 Å². The van der Waals surface area contributed by atoms with Gasteiger partial charge in [-0.15, -0.1) is 5.10 Å². The van der Waals surface area contributed by atoms with Gasteiger partial charge in [-0.05, 0) is 70.8 Å².